The molecule has 72 valence electrons. The number of H-pyrrole nitrogens is 1. The van der Waals surface area contributed by atoms with Gasteiger partial charge in [0.05, 0.1) is 0 Å². The number of aryl methyl sites for hydroxylation is 1. The largest absolute Gasteiger partial charge is 0.382 e. The predicted octanol–water partition coefficient (Wildman–Crippen LogP) is 0.767. The molecule has 0 amide bonds. The van der Waals surface area contributed by atoms with E-state index in [1.54, 1.807) is 0 Å². The van der Waals surface area contributed by atoms with E-state index in [4.69, 9.17) is 5.73 Å². The van der Waals surface area contributed by atoms with Gasteiger partial charge in [0, 0.05) is 11.3 Å². The highest BCUT2D eigenvalue weighted by molar-refractivity contribution is 5.44. The third-order valence-corrected chi connectivity index (χ3v) is 2.77. The van der Waals surface area contributed by atoms with Gasteiger partial charge in [-0.05, 0) is 38.8 Å². The van der Waals surface area contributed by atoms with Gasteiger partial charge in [-0.3, -0.25) is 5.10 Å². The van der Waals surface area contributed by atoms with E-state index in [1.807, 2.05) is 6.92 Å². The van der Waals surface area contributed by atoms with E-state index >= 15 is 0 Å². The molecule has 4 N–H and O–H groups in total. The van der Waals surface area contributed by atoms with E-state index in [-0.39, 0.29) is 0 Å². The summed E-state index contributed by atoms with van der Waals surface area (Å²) in [4.78, 5) is 0. The quantitative estimate of drug-likeness (QED) is 0.598. The highest BCUT2D eigenvalue weighted by Gasteiger charge is 2.20. The molecule has 0 spiro atoms. The topological polar surface area (TPSA) is 66.7 Å². The fourth-order valence-electron chi connectivity index (χ4n) is 2.08. The van der Waals surface area contributed by atoms with E-state index in [9.17, 15) is 0 Å². The molecule has 1 aliphatic rings. The minimum atomic E-state index is 0.597. The summed E-state index contributed by atoms with van der Waals surface area (Å²) < 4.78 is 0. The summed E-state index contributed by atoms with van der Waals surface area (Å²) in [6.07, 6.45) is 2.34. The fourth-order valence-corrected chi connectivity index (χ4v) is 2.08. The number of rotatable bonds is 1. The van der Waals surface area contributed by atoms with Crippen molar-refractivity contribution in [2.75, 3.05) is 18.8 Å². The van der Waals surface area contributed by atoms with Crippen LogP contribution in [0.25, 0.3) is 0 Å². The van der Waals surface area contributed by atoms with Crippen molar-refractivity contribution in [1.82, 2.24) is 15.5 Å². The molecule has 1 saturated heterocycles. The number of aromatic nitrogens is 2. The van der Waals surface area contributed by atoms with Crippen molar-refractivity contribution < 1.29 is 0 Å². The van der Waals surface area contributed by atoms with Gasteiger partial charge in [-0.25, -0.2) is 0 Å². The zero-order chi connectivity index (χ0) is 9.26. The number of nitrogen functional groups attached to an aromatic ring is 1. The summed E-state index contributed by atoms with van der Waals surface area (Å²) in [7, 11) is 0. The third kappa shape index (κ3) is 1.54. The van der Waals surface area contributed by atoms with Crippen molar-refractivity contribution in [3.8, 4) is 0 Å². The summed E-state index contributed by atoms with van der Waals surface area (Å²) >= 11 is 0. The summed E-state index contributed by atoms with van der Waals surface area (Å²) in [5.41, 5.74) is 8.18. The lowest BCUT2D eigenvalue weighted by molar-refractivity contribution is 0.460. The van der Waals surface area contributed by atoms with Crippen LogP contribution in [0.3, 0.4) is 0 Å². The Morgan fingerprint density at radius 3 is 2.62 bits per heavy atom. The monoisotopic (exact) mass is 180 g/mol. The highest BCUT2D eigenvalue weighted by Crippen LogP contribution is 2.30. The molecular formula is C9H16N4. The van der Waals surface area contributed by atoms with Crippen molar-refractivity contribution in [3.63, 3.8) is 0 Å². The van der Waals surface area contributed by atoms with Crippen LogP contribution in [-0.2, 0) is 0 Å². The zero-order valence-corrected chi connectivity index (χ0v) is 7.93. The van der Waals surface area contributed by atoms with E-state index in [0.717, 1.165) is 18.8 Å². The van der Waals surface area contributed by atoms with Crippen molar-refractivity contribution in [1.29, 1.82) is 0 Å². The van der Waals surface area contributed by atoms with Gasteiger partial charge >= 0.3 is 0 Å². The van der Waals surface area contributed by atoms with E-state index in [1.165, 1.54) is 18.4 Å². The lowest BCUT2D eigenvalue weighted by Crippen LogP contribution is -2.27. The van der Waals surface area contributed by atoms with Gasteiger partial charge in [0.15, 0.2) is 0 Å². The van der Waals surface area contributed by atoms with Crippen LogP contribution in [0.5, 0.6) is 0 Å². The Balaban J connectivity index is 2.22. The third-order valence-electron chi connectivity index (χ3n) is 2.77. The SMILES string of the molecule is Cc1[nH]nc(N)c1C1CCNCC1. The Morgan fingerprint density at radius 2 is 2.08 bits per heavy atom. The fraction of sp³-hybridized carbons (Fsp3) is 0.667. The first-order chi connectivity index (χ1) is 6.29. The summed E-state index contributed by atoms with van der Waals surface area (Å²) in [5, 5.41) is 10.3. The second-order valence-electron chi connectivity index (χ2n) is 3.67. The summed E-state index contributed by atoms with van der Waals surface area (Å²) in [6, 6.07) is 0. The number of nitrogens with one attached hydrogen (secondary N) is 2. The molecule has 0 aliphatic carbocycles. The maximum absolute atomic E-state index is 5.81. The van der Waals surface area contributed by atoms with Crippen molar-refractivity contribution in [2.45, 2.75) is 25.7 Å². The molecule has 0 unspecified atom stereocenters. The Bertz CT molecular complexity index is 266. The second kappa shape index (κ2) is 3.38. The highest BCUT2D eigenvalue weighted by atomic mass is 15.2. The molecule has 0 radical (unpaired) electrons. The summed E-state index contributed by atoms with van der Waals surface area (Å²) in [5.74, 6) is 1.28. The molecule has 2 heterocycles. The van der Waals surface area contributed by atoms with E-state index in [0.29, 0.717) is 11.7 Å². The lowest BCUT2D eigenvalue weighted by atomic mass is 9.90. The standard InChI is InChI=1S/C9H16N4/c1-6-8(9(10)13-12-6)7-2-4-11-5-3-7/h7,11H,2-5H2,1H3,(H3,10,12,13). The first kappa shape index (κ1) is 8.56. The van der Waals surface area contributed by atoms with Crippen molar-refractivity contribution in [2.24, 2.45) is 0 Å². The Morgan fingerprint density at radius 1 is 1.38 bits per heavy atom. The average Bonchev–Trinajstić information content (AvgIpc) is 2.48. The number of anilines is 1. The molecule has 4 nitrogen and oxygen atoms in total. The molecule has 1 aliphatic heterocycles. The molecular weight excluding hydrogens is 164 g/mol. The van der Waals surface area contributed by atoms with Gasteiger partial charge in [0.1, 0.15) is 5.82 Å². The molecule has 1 aromatic heterocycles. The van der Waals surface area contributed by atoms with Crippen LogP contribution in [0.2, 0.25) is 0 Å². The molecule has 0 atom stereocenters. The van der Waals surface area contributed by atoms with Crippen LogP contribution >= 0.6 is 0 Å². The van der Waals surface area contributed by atoms with Gasteiger partial charge < -0.3 is 11.1 Å². The number of aromatic amines is 1. The number of nitrogens with zero attached hydrogens (tertiary/aromatic N) is 1. The van der Waals surface area contributed by atoms with Gasteiger partial charge in [0.25, 0.3) is 0 Å². The smallest absolute Gasteiger partial charge is 0.148 e. The molecule has 4 heteroatoms. The van der Waals surface area contributed by atoms with Gasteiger partial charge in [-0.1, -0.05) is 0 Å². The number of nitrogens with two attached hydrogens (primary N) is 1. The Kier molecular flexibility index (Phi) is 2.22. The maximum atomic E-state index is 5.81. The predicted molar refractivity (Wildman–Crippen MR) is 52.6 cm³/mol. The Hall–Kier alpha value is -1.03. The average molecular weight is 180 g/mol. The van der Waals surface area contributed by atoms with Crippen LogP contribution in [0, 0.1) is 6.92 Å². The maximum Gasteiger partial charge on any atom is 0.148 e. The number of hydrogen-bond donors (Lipinski definition) is 3. The van der Waals surface area contributed by atoms with E-state index in [2.05, 4.69) is 15.5 Å². The van der Waals surface area contributed by atoms with Crippen LogP contribution in [0.1, 0.15) is 30.0 Å². The van der Waals surface area contributed by atoms with Gasteiger partial charge in [-0.15, -0.1) is 0 Å². The normalized spacial score (nSPS) is 19.2. The van der Waals surface area contributed by atoms with Crippen LogP contribution < -0.4 is 11.1 Å². The number of hydrogen-bond acceptors (Lipinski definition) is 3. The number of piperidine rings is 1. The van der Waals surface area contributed by atoms with Crippen LogP contribution in [-0.4, -0.2) is 23.3 Å². The van der Waals surface area contributed by atoms with Crippen molar-refractivity contribution >= 4 is 5.82 Å². The minimum absolute atomic E-state index is 0.597. The van der Waals surface area contributed by atoms with Crippen molar-refractivity contribution in [3.05, 3.63) is 11.3 Å². The first-order valence-corrected chi connectivity index (χ1v) is 4.80. The molecule has 0 bridgehead atoms. The van der Waals surface area contributed by atoms with Crippen LogP contribution in [0.4, 0.5) is 5.82 Å². The van der Waals surface area contributed by atoms with Gasteiger partial charge in [0.2, 0.25) is 0 Å². The van der Waals surface area contributed by atoms with Gasteiger partial charge in [-0.2, -0.15) is 5.10 Å². The van der Waals surface area contributed by atoms with Crippen LogP contribution in [0.15, 0.2) is 0 Å². The van der Waals surface area contributed by atoms with E-state index < -0.39 is 0 Å². The molecule has 0 saturated carbocycles. The first-order valence-electron chi connectivity index (χ1n) is 4.80. The molecule has 13 heavy (non-hydrogen) atoms. The minimum Gasteiger partial charge on any atom is -0.382 e. The summed E-state index contributed by atoms with van der Waals surface area (Å²) in [6.45, 7) is 4.23. The molecule has 1 aromatic rings. The molecule has 1 fully saturated rings. The zero-order valence-electron chi connectivity index (χ0n) is 7.93. The lowest BCUT2D eigenvalue weighted by Gasteiger charge is -2.22. The Labute approximate surface area is 77.9 Å². The molecule has 2 rings (SSSR count). The second-order valence-corrected chi connectivity index (χ2v) is 3.67. The molecule has 0 aromatic carbocycles.